The number of carboxylic acids is 1. The molecule has 0 bridgehead atoms. The van der Waals surface area contributed by atoms with Gasteiger partial charge >= 0.3 is 12.1 Å². The molecule has 0 radical (unpaired) electrons. The van der Waals surface area contributed by atoms with E-state index < -0.39 is 12.1 Å². The Labute approximate surface area is 170 Å². The maximum atomic E-state index is 11.9. The average Bonchev–Trinajstić information content (AvgIpc) is 3.00. The molecule has 2 aliphatic heterocycles. The van der Waals surface area contributed by atoms with E-state index in [1.54, 1.807) is 11.3 Å². The van der Waals surface area contributed by atoms with Gasteiger partial charge in [0, 0.05) is 36.1 Å². The maximum Gasteiger partial charge on any atom is 0.490 e. The Morgan fingerprint density at radius 3 is 2.59 bits per heavy atom. The quantitative estimate of drug-likeness (QED) is 0.738. The number of amides is 1. The summed E-state index contributed by atoms with van der Waals surface area (Å²) in [4.78, 5) is 27.7. The predicted molar refractivity (Wildman–Crippen MR) is 98.4 cm³/mol. The number of carbonyl (C=O) groups excluding carboxylic acids is 1. The van der Waals surface area contributed by atoms with E-state index in [4.69, 9.17) is 14.6 Å². The number of carbonyl (C=O) groups is 2. The number of rotatable bonds is 5. The summed E-state index contributed by atoms with van der Waals surface area (Å²) >= 11 is 1.74. The molecule has 1 amide bonds. The minimum atomic E-state index is -5.08. The first-order valence-corrected chi connectivity index (χ1v) is 10.4. The Morgan fingerprint density at radius 1 is 1.38 bits per heavy atom. The van der Waals surface area contributed by atoms with Crippen molar-refractivity contribution in [3.63, 3.8) is 0 Å². The van der Waals surface area contributed by atoms with Crippen LogP contribution in [0.25, 0.3) is 0 Å². The molecule has 29 heavy (non-hydrogen) atoms. The van der Waals surface area contributed by atoms with Gasteiger partial charge in [-0.25, -0.2) is 9.78 Å². The standard InChI is InChI=1S/C16H23N3O2S.C2HF3O2/c1-10-9-22-16(17-10)8-19-6-11-4-13(21-14(11)7-19)5-15(20)18-12-2-3-12;3-2(4,5)1(6)7/h9,11-14H,2-8H2,1H3,(H,18,20);(H,6,7)/t11-,13-,14+;/m0./s1. The van der Waals surface area contributed by atoms with Crippen molar-refractivity contribution in [3.8, 4) is 0 Å². The van der Waals surface area contributed by atoms with Gasteiger partial charge in [0.25, 0.3) is 0 Å². The number of aryl methyl sites for hydroxylation is 1. The van der Waals surface area contributed by atoms with Crippen LogP contribution in [0.5, 0.6) is 0 Å². The first-order valence-electron chi connectivity index (χ1n) is 9.48. The summed E-state index contributed by atoms with van der Waals surface area (Å²) in [6, 6.07) is 0.450. The average molecular weight is 435 g/mol. The molecule has 7 nitrogen and oxygen atoms in total. The molecule has 0 aromatic carbocycles. The number of likely N-dealkylation sites (tertiary alicyclic amines) is 1. The zero-order valence-corrected chi connectivity index (χ0v) is 16.8. The zero-order valence-electron chi connectivity index (χ0n) is 15.9. The number of hydrogen-bond donors (Lipinski definition) is 2. The molecule has 162 valence electrons. The molecule has 1 aliphatic carbocycles. The van der Waals surface area contributed by atoms with E-state index in [0.717, 1.165) is 44.6 Å². The molecule has 1 aromatic heterocycles. The Morgan fingerprint density at radius 2 is 2.07 bits per heavy atom. The van der Waals surface area contributed by atoms with Crippen LogP contribution in [0.1, 0.15) is 36.4 Å². The van der Waals surface area contributed by atoms with E-state index in [1.165, 1.54) is 5.01 Å². The fraction of sp³-hybridized carbons (Fsp3) is 0.722. The first-order chi connectivity index (χ1) is 13.6. The second-order valence-electron chi connectivity index (χ2n) is 7.72. The van der Waals surface area contributed by atoms with E-state index in [9.17, 15) is 18.0 Å². The minimum Gasteiger partial charge on any atom is -0.475 e. The number of carboxylic acid groups (broad SMARTS) is 1. The van der Waals surface area contributed by atoms with Gasteiger partial charge in [-0.1, -0.05) is 0 Å². The van der Waals surface area contributed by atoms with Gasteiger partial charge in [0.15, 0.2) is 0 Å². The van der Waals surface area contributed by atoms with Crippen LogP contribution in [-0.2, 0) is 20.9 Å². The molecule has 3 heterocycles. The van der Waals surface area contributed by atoms with Crippen molar-refractivity contribution in [2.45, 2.75) is 63.6 Å². The molecular formula is C18H24F3N3O4S. The first kappa shape index (κ1) is 22.0. The third kappa shape index (κ3) is 6.65. The molecule has 0 spiro atoms. The summed E-state index contributed by atoms with van der Waals surface area (Å²) < 4.78 is 37.8. The summed E-state index contributed by atoms with van der Waals surface area (Å²) in [7, 11) is 0. The molecule has 11 heteroatoms. The monoisotopic (exact) mass is 435 g/mol. The van der Waals surface area contributed by atoms with E-state index in [1.807, 2.05) is 6.92 Å². The van der Waals surface area contributed by atoms with E-state index >= 15 is 0 Å². The normalized spacial score (nSPS) is 26.6. The molecule has 3 aliphatic rings. The highest BCUT2D eigenvalue weighted by Gasteiger charge is 2.42. The Bertz CT molecular complexity index is 724. The van der Waals surface area contributed by atoms with Gasteiger partial charge in [0.2, 0.25) is 5.91 Å². The molecular weight excluding hydrogens is 411 g/mol. The summed E-state index contributed by atoms with van der Waals surface area (Å²) in [5, 5.41) is 13.5. The van der Waals surface area contributed by atoms with Gasteiger partial charge in [-0.05, 0) is 26.2 Å². The Hall–Kier alpha value is -1.72. The van der Waals surface area contributed by atoms with Crippen molar-refractivity contribution in [2.24, 2.45) is 5.92 Å². The van der Waals surface area contributed by atoms with Crippen molar-refractivity contribution in [1.29, 1.82) is 0 Å². The molecule has 2 N–H and O–H groups in total. The number of fused-ring (bicyclic) bond motifs is 1. The van der Waals surface area contributed by atoms with Gasteiger partial charge < -0.3 is 15.2 Å². The number of thiazole rings is 1. The zero-order chi connectivity index (χ0) is 21.2. The van der Waals surface area contributed by atoms with Crippen molar-refractivity contribution in [2.75, 3.05) is 13.1 Å². The third-order valence-electron chi connectivity index (χ3n) is 5.01. The SMILES string of the molecule is Cc1csc(CN2C[C@@H]3C[C@@H](CC(=O)NC4CC4)O[C@@H]3C2)n1.O=C(O)C(F)(F)F. The van der Waals surface area contributed by atoms with Crippen LogP contribution in [0.3, 0.4) is 0 Å². The molecule has 3 atom stereocenters. The minimum absolute atomic E-state index is 0.123. The summed E-state index contributed by atoms with van der Waals surface area (Å²) in [6.07, 6.45) is -0.801. The van der Waals surface area contributed by atoms with Crippen LogP contribution in [0.2, 0.25) is 0 Å². The van der Waals surface area contributed by atoms with E-state index in [2.05, 4.69) is 20.6 Å². The molecule has 3 fully saturated rings. The molecule has 4 rings (SSSR count). The lowest BCUT2D eigenvalue weighted by Crippen LogP contribution is -2.30. The number of ether oxygens (including phenoxy) is 1. The summed E-state index contributed by atoms with van der Waals surface area (Å²) in [5.41, 5.74) is 1.11. The van der Waals surface area contributed by atoms with Gasteiger partial charge in [0.05, 0.1) is 25.2 Å². The van der Waals surface area contributed by atoms with Crippen LogP contribution < -0.4 is 5.32 Å². The topological polar surface area (TPSA) is 91.8 Å². The number of nitrogens with zero attached hydrogens (tertiary/aromatic N) is 2. The second kappa shape index (κ2) is 8.97. The highest BCUT2D eigenvalue weighted by atomic mass is 32.1. The maximum absolute atomic E-state index is 11.9. The van der Waals surface area contributed by atoms with Crippen molar-refractivity contribution in [1.82, 2.24) is 15.2 Å². The Kier molecular flexibility index (Phi) is 6.79. The lowest BCUT2D eigenvalue weighted by Gasteiger charge is -2.18. The van der Waals surface area contributed by atoms with Gasteiger partial charge in [-0.2, -0.15) is 13.2 Å². The number of alkyl halides is 3. The lowest BCUT2D eigenvalue weighted by atomic mass is 10.0. The summed E-state index contributed by atoms with van der Waals surface area (Å²) in [5.74, 6) is -2.00. The summed E-state index contributed by atoms with van der Waals surface area (Å²) in [6.45, 7) is 5.02. The molecule has 2 saturated heterocycles. The number of aromatic nitrogens is 1. The van der Waals surface area contributed by atoms with E-state index in [-0.39, 0.29) is 12.0 Å². The van der Waals surface area contributed by atoms with Crippen LogP contribution in [0.15, 0.2) is 5.38 Å². The largest absolute Gasteiger partial charge is 0.490 e. The van der Waals surface area contributed by atoms with Crippen molar-refractivity contribution >= 4 is 23.2 Å². The second-order valence-corrected chi connectivity index (χ2v) is 8.66. The third-order valence-corrected chi connectivity index (χ3v) is 5.96. The van der Waals surface area contributed by atoms with Gasteiger partial charge in [-0.3, -0.25) is 9.69 Å². The molecule has 1 aromatic rings. The van der Waals surface area contributed by atoms with E-state index in [0.29, 0.717) is 24.5 Å². The fourth-order valence-electron chi connectivity index (χ4n) is 3.60. The fourth-order valence-corrected chi connectivity index (χ4v) is 4.41. The smallest absolute Gasteiger partial charge is 0.475 e. The predicted octanol–water partition coefficient (Wildman–Crippen LogP) is 2.34. The molecule has 1 saturated carbocycles. The van der Waals surface area contributed by atoms with Crippen molar-refractivity contribution in [3.05, 3.63) is 16.1 Å². The van der Waals surface area contributed by atoms with Crippen LogP contribution in [0, 0.1) is 12.8 Å². The number of hydrogen-bond acceptors (Lipinski definition) is 6. The highest BCUT2D eigenvalue weighted by Crippen LogP contribution is 2.35. The molecule has 0 unspecified atom stereocenters. The highest BCUT2D eigenvalue weighted by molar-refractivity contribution is 7.09. The number of aliphatic carboxylic acids is 1. The van der Waals surface area contributed by atoms with Crippen LogP contribution >= 0.6 is 11.3 Å². The number of nitrogens with one attached hydrogen (secondary N) is 1. The Balaban J connectivity index is 0.000000298. The lowest BCUT2D eigenvalue weighted by molar-refractivity contribution is -0.192. The van der Waals surface area contributed by atoms with Crippen molar-refractivity contribution < 1.29 is 32.6 Å². The number of halogens is 3. The van der Waals surface area contributed by atoms with Gasteiger partial charge in [-0.15, -0.1) is 11.3 Å². The van der Waals surface area contributed by atoms with Crippen LogP contribution in [-0.4, -0.2) is 64.4 Å². The van der Waals surface area contributed by atoms with Crippen LogP contribution in [0.4, 0.5) is 13.2 Å². The van der Waals surface area contributed by atoms with Gasteiger partial charge in [0.1, 0.15) is 5.01 Å².